The SMILES string of the molecule is Fc1ccc2nc3ccccc3c(SCCCCCSc3c4ccccc4nc4ccc(F)cc34)c2c1. The lowest BCUT2D eigenvalue weighted by Gasteiger charge is -2.11. The van der Waals surface area contributed by atoms with Gasteiger partial charge in [0.25, 0.3) is 0 Å². The van der Waals surface area contributed by atoms with Crippen molar-refractivity contribution in [2.24, 2.45) is 0 Å². The maximum atomic E-state index is 14.0. The minimum Gasteiger partial charge on any atom is -0.248 e. The normalized spacial score (nSPS) is 11.7. The number of aromatic nitrogens is 2. The van der Waals surface area contributed by atoms with Crippen molar-refractivity contribution < 1.29 is 8.78 Å². The highest BCUT2D eigenvalue weighted by atomic mass is 32.2. The van der Waals surface area contributed by atoms with Crippen LogP contribution in [0, 0.1) is 11.6 Å². The van der Waals surface area contributed by atoms with Crippen LogP contribution in [0.1, 0.15) is 19.3 Å². The fourth-order valence-electron chi connectivity index (χ4n) is 4.69. The van der Waals surface area contributed by atoms with Gasteiger partial charge in [-0.1, -0.05) is 42.8 Å². The van der Waals surface area contributed by atoms with Crippen LogP contribution in [0.25, 0.3) is 43.6 Å². The maximum Gasteiger partial charge on any atom is 0.124 e. The predicted molar refractivity (Wildman–Crippen MR) is 154 cm³/mol. The Morgan fingerprint density at radius 1 is 0.486 bits per heavy atom. The second-order valence-corrected chi connectivity index (χ2v) is 11.2. The Morgan fingerprint density at radius 2 is 0.919 bits per heavy atom. The second kappa shape index (κ2) is 10.6. The molecule has 184 valence electrons. The Labute approximate surface area is 222 Å². The van der Waals surface area contributed by atoms with Gasteiger partial charge in [-0.05, 0) is 72.9 Å². The molecule has 0 saturated carbocycles. The largest absolute Gasteiger partial charge is 0.248 e. The van der Waals surface area contributed by atoms with E-state index in [1.54, 1.807) is 47.8 Å². The molecule has 0 aliphatic heterocycles. The zero-order chi connectivity index (χ0) is 25.2. The summed E-state index contributed by atoms with van der Waals surface area (Å²) in [5.74, 6) is 1.44. The van der Waals surface area contributed by atoms with E-state index in [4.69, 9.17) is 9.97 Å². The lowest BCUT2D eigenvalue weighted by molar-refractivity contribution is 0.629. The fraction of sp³-hybridized carbons (Fsp3) is 0.161. The van der Waals surface area contributed by atoms with E-state index in [0.29, 0.717) is 0 Å². The van der Waals surface area contributed by atoms with Gasteiger partial charge in [-0.2, -0.15) is 0 Å². The number of nitrogens with zero attached hydrogens (tertiary/aromatic N) is 2. The fourth-order valence-corrected chi connectivity index (χ4v) is 7.09. The molecule has 4 aromatic carbocycles. The maximum absolute atomic E-state index is 14.0. The summed E-state index contributed by atoms with van der Waals surface area (Å²) in [5.41, 5.74) is 3.53. The van der Waals surface area contributed by atoms with E-state index in [1.807, 2.05) is 36.4 Å². The molecule has 2 nitrogen and oxygen atoms in total. The summed E-state index contributed by atoms with van der Waals surface area (Å²) in [6.07, 6.45) is 3.21. The number of benzene rings is 4. The Morgan fingerprint density at radius 3 is 1.41 bits per heavy atom. The van der Waals surface area contributed by atoms with Gasteiger partial charge < -0.3 is 0 Å². The van der Waals surface area contributed by atoms with Crippen LogP contribution in [0.3, 0.4) is 0 Å². The van der Waals surface area contributed by atoms with Crippen LogP contribution in [0.2, 0.25) is 0 Å². The molecule has 0 fully saturated rings. The third-order valence-electron chi connectivity index (χ3n) is 6.47. The molecule has 2 aromatic heterocycles. The van der Waals surface area contributed by atoms with Gasteiger partial charge in [-0.15, -0.1) is 23.5 Å². The number of pyridine rings is 2. The first-order valence-electron chi connectivity index (χ1n) is 12.4. The van der Waals surface area contributed by atoms with E-state index in [9.17, 15) is 8.78 Å². The van der Waals surface area contributed by atoms with Crippen molar-refractivity contribution in [2.75, 3.05) is 11.5 Å². The van der Waals surface area contributed by atoms with Crippen LogP contribution in [-0.2, 0) is 0 Å². The van der Waals surface area contributed by atoms with Crippen molar-refractivity contribution in [3.05, 3.63) is 96.6 Å². The van der Waals surface area contributed by atoms with E-state index in [1.165, 1.54) is 12.1 Å². The van der Waals surface area contributed by atoms with Gasteiger partial charge in [0, 0.05) is 31.3 Å². The Kier molecular flexibility index (Phi) is 6.94. The quantitative estimate of drug-likeness (QED) is 0.112. The van der Waals surface area contributed by atoms with Crippen molar-refractivity contribution in [3.8, 4) is 0 Å². The van der Waals surface area contributed by atoms with E-state index in [2.05, 4.69) is 12.1 Å². The molecule has 0 unspecified atom stereocenters. The summed E-state index contributed by atoms with van der Waals surface area (Å²) in [7, 11) is 0. The summed E-state index contributed by atoms with van der Waals surface area (Å²) in [4.78, 5) is 11.6. The van der Waals surface area contributed by atoms with Crippen molar-refractivity contribution in [2.45, 2.75) is 29.1 Å². The Hall–Kier alpha value is -3.22. The van der Waals surface area contributed by atoms with Crippen LogP contribution in [0.4, 0.5) is 8.78 Å². The zero-order valence-corrected chi connectivity index (χ0v) is 21.7. The number of halogens is 2. The highest BCUT2D eigenvalue weighted by Gasteiger charge is 2.12. The van der Waals surface area contributed by atoms with Crippen LogP contribution in [-0.4, -0.2) is 21.5 Å². The molecule has 0 bridgehead atoms. The lowest BCUT2D eigenvalue weighted by atomic mass is 10.1. The Bertz CT molecular complexity index is 1620. The second-order valence-electron chi connectivity index (χ2n) is 9.00. The molecular formula is C31H24F2N2S2. The van der Waals surface area contributed by atoms with Crippen molar-refractivity contribution >= 4 is 67.1 Å². The van der Waals surface area contributed by atoms with E-state index >= 15 is 0 Å². The number of fused-ring (bicyclic) bond motifs is 4. The number of para-hydroxylation sites is 2. The molecule has 2 heterocycles. The summed E-state index contributed by atoms with van der Waals surface area (Å²) in [6.45, 7) is 0. The summed E-state index contributed by atoms with van der Waals surface area (Å²) in [6, 6.07) is 25.8. The van der Waals surface area contributed by atoms with Gasteiger partial charge in [-0.3, -0.25) is 0 Å². The van der Waals surface area contributed by atoms with Crippen LogP contribution in [0.5, 0.6) is 0 Å². The summed E-state index contributed by atoms with van der Waals surface area (Å²) >= 11 is 3.57. The molecule has 0 N–H and O–H groups in total. The van der Waals surface area contributed by atoms with Crippen molar-refractivity contribution in [1.82, 2.24) is 9.97 Å². The predicted octanol–water partition coefficient (Wildman–Crippen LogP) is 9.42. The van der Waals surface area contributed by atoms with Gasteiger partial charge in [0.05, 0.1) is 22.1 Å². The molecule has 0 atom stereocenters. The van der Waals surface area contributed by atoms with Gasteiger partial charge >= 0.3 is 0 Å². The zero-order valence-electron chi connectivity index (χ0n) is 20.1. The third-order valence-corrected chi connectivity index (χ3v) is 8.91. The van der Waals surface area contributed by atoms with Gasteiger partial charge in [0.2, 0.25) is 0 Å². The molecule has 0 aliphatic carbocycles. The standard InChI is InChI=1S/C31H24F2N2S2/c32-20-12-14-28-24(18-20)30(22-8-2-4-10-26(22)34-28)36-16-6-1-7-17-37-31-23-9-3-5-11-27(23)35-29-15-13-21(33)19-25(29)31/h2-5,8-15,18-19H,1,6-7,16-17H2. The molecule has 0 spiro atoms. The summed E-state index contributed by atoms with van der Waals surface area (Å²) in [5, 5.41) is 3.90. The monoisotopic (exact) mass is 526 g/mol. The number of unbranched alkanes of at least 4 members (excludes halogenated alkanes) is 2. The first kappa shape index (κ1) is 24.1. The topological polar surface area (TPSA) is 25.8 Å². The van der Waals surface area contributed by atoms with Crippen molar-refractivity contribution in [3.63, 3.8) is 0 Å². The molecule has 0 radical (unpaired) electrons. The Balaban J connectivity index is 1.12. The average molecular weight is 527 g/mol. The van der Waals surface area contributed by atoms with Crippen LogP contribution >= 0.6 is 23.5 Å². The molecule has 37 heavy (non-hydrogen) atoms. The van der Waals surface area contributed by atoms with Crippen LogP contribution in [0.15, 0.2) is 94.7 Å². The first-order chi connectivity index (χ1) is 18.2. The number of rotatable bonds is 8. The number of hydrogen-bond donors (Lipinski definition) is 0. The molecule has 6 rings (SSSR count). The summed E-state index contributed by atoms with van der Waals surface area (Å²) < 4.78 is 28.1. The van der Waals surface area contributed by atoms with E-state index < -0.39 is 0 Å². The highest BCUT2D eigenvalue weighted by Crippen LogP contribution is 2.37. The molecule has 0 aliphatic rings. The van der Waals surface area contributed by atoms with E-state index in [-0.39, 0.29) is 11.6 Å². The number of thioether (sulfide) groups is 2. The highest BCUT2D eigenvalue weighted by molar-refractivity contribution is 8.00. The minimum atomic E-state index is -0.237. The molecule has 0 amide bonds. The molecular weight excluding hydrogens is 502 g/mol. The van der Waals surface area contributed by atoms with Crippen LogP contribution < -0.4 is 0 Å². The minimum absolute atomic E-state index is 0.237. The molecule has 6 heteroatoms. The smallest absolute Gasteiger partial charge is 0.124 e. The van der Waals surface area contributed by atoms with Gasteiger partial charge in [0.15, 0.2) is 0 Å². The van der Waals surface area contributed by atoms with Gasteiger partial charge in [0.1, 0.15) is 11.6 Å². The lowest BCUT2D eigenvalue weighted by Crippen LogP contribution is -1.91. The van der Waals surface area contributed by atoms with E-state index in [0.717, 1.165) is 84.2 Å². The number of hydrogen-bond acceptors (Lipinski definition) is 4. The first-order valence-corrected chi connectivity index (χ1v) is 14.4. The average Bonchev–Trinajstić information content (AvgIpc) is 2.92. The molecule has 0 saturated heterocycles. The third kappa shape index (κ3) is 5.00. The van der Waals surface area contributed by atoms with Crippen molar-refractivity contribution in [1.29, 1.82) is 0 Å². The van der Waals surface area contributed by atoms with Gasteiger partial charge in [-0.25, -0.2) is 18.7 Å². The molecule has 6 aromatic rings.